The summed E-state index contributed by atoms with van der Waals surface area (Å²) in [6.07, 6.45) is 7.65. The van der Waals surface area contributed by atoms with Gasteiger partial charge in [-0.05, 0) is 0 Å². The van der Waals surface area contributed by atoms with E-state index in [1.165, 1.54) is 11.8 Å². The zero-order valence-electron chi connectivity index (χ0n) is 7.96. The molecule has 15 heavy (non-hydrogen) atoms. The normalized spacial score (nSPS) is 42.3. The summed E-state index contributed by atoms with van der Waals surface area (Å²) in [5.41, 5.74) is 11.2. The van der Waals surface area contributed by atoms with Crippen molar-refractivity contribution in [3.63, 3.8) is 0 Å². The quantitative estimate of drug-likeness (QED) is 0.658. The second kappa shape index (κ2) is 3.40. The number of rotatable bonds is 1. The number of carbonyl (C=O) groups excluding carboxylic acids is 1. The molecule has 5 heteroatoms. The van der Waals surface area contributed by atoms with Crippen molar-refractivity contribution in [3.05, 3.63) is 24.3 Å². The zero-order chi connectivity index (χ0) is 11.1. The molecule has 2 rings (SSSR count). The molecule has 0 saturated carbocycles. The van der Waals surface area contributed by atoms with Crippen LogP contribution < -0.4 is 11.5 Å². The number of hydrogen-bond acceptors (Lipinski definition) is 4. The first-order chi connectivity index (χ1) is 7.09. The highest BCUT2D eigenvalue weighted by Crippen LogP contribution is 2.49. The van der Waals surface area contributed by atoms with E-state index in [2.05, 4.69) is 6.07 Å². The van der Waals surface area contributed by atoms with Crippen LogP contribution in [0.15, 0.2) is 24.3 Å². The fourth-order valence-electron chi connectivity index (χ4n) is 2.00. The summed E-state index contributed by atoms with van der Waals surface area (Å²) in [6, 6.07) is 2.10. The first-order valence-electron chi connectivity index (χ1n) is 4.61. The molecule has 1 amide bonds. The number of fused-ring (bicyclic) bond motifs is 1. The number of allylic oxidation sites excluding steroid dienone is 3. The van der Waals surface area contributed by atoms with Crippen molar-refractivity contribution in [1.82, 2.24) is 0 Å². The van der Waals surface area contributed by atoms with Crippen molar-refractivity contribution < 1.29 is 4.79 Å². The summed E-state index contributed by atoms with van der Waals surface area (Å²) < 4.78 is 0. The molecule has 0 radical (unpaired) electrons. The van der Waals surface area contributed by atoms with Crippen LogP contribution in [0.2, 0.25) is 0 Å². The molecule has 1 fully saturated rings. The molecule has 0 bridgehead atoms. The number of nitrogens with two attached hydrogens (primary N) is 2. The molecule has 0 aromatic rings. The van der Waals surface area contributed by atoms with Gasteiger partial charge in [-0.1, -0.05) is 24.3 Å². The molecule has 1 heterocycles. The summed E-state index contributed by atoms with van der Waals surface area (Å²) in [5.74, 6) is -1.18. The molecule has 4 atom stereocenters. The Hall–Kier alpha value is -1.25. The minimum Gasteiger partial charge on any atom is -0.367 e. The van der Waals surface area contributed by atoms with Gasteiger partial charge in [0.15, 0.2) is 4.87 Å². The van der Waals surface area contributed by atoms with Gasteiger partial charge in [0.05, 0.1) is 12.0 Å². The van der Waals surface area contributed by atoms with E-state index in [9.17, 15) is 4.79 Å². The maximum absolute atomic E-state index is 11.3. The van der Waals surface area contributed by atoms with E-state index >= 15 is 0 Å². The highest BCUT2D eigenvalue weighted by Gasteiger charge is 2.55. The fraction of sp³-hybridized carbons (Fsp3) is 0.400. The molecule has 0 aromatic heterocycles. The Morgan fingerprint density at radius 3 is 2.73 bits per heavy atom. The summed E-state index contributed by atoms with van der Waals surface area (Å²) in [5, 5.41) is 9.16. The average Bonchev–Trinajstić information content (AvgIpc) is 2.50. The molecular formula is C10H11N3OS. The largest absolute Gasteiger partial charge is 0.367 e. The molecule has 4 unspecified atom stereocenters. The summed E-state index contributed by atoms with van der Waals surface area (Å²) >= 11 is 1.28. The lowest BCUT2D eigenvalue weighted by Crippen LogP contribution is -2.52. The molecular weight excluding hydrogens is 210 g/mol. The Labute approximate surface area is 92.0 Å². The second-order valence-electron chi connectivity index (χ2n) is 3.69. The van der Waals surface area contributed by atoms with Crippen LogP contribution in [0.25, 0.3) is 0 Å². The van der Waals surface area contributed by atoms with Crippen LogP contribution >= 0.6 is 11.8 Å². The van der Waals surface area contributed by atoms with Crippen molar-refractivity contribution in [2.75, 3.05) is 0 Å². The van der Waals surface area contributed by atoms with Gasteiger partial charge in [-0.15, -0.1) is 11.8 Å². The molecule has 0 aromatic carbocycles. The Balaban J connectivity index is 2.39. The Morgan fingerprint density at radius 1 is 1.47 bits per heavy atom. The van der Waals surface area contributed by atoms with Crippen LogP contribution in [-0.2, 0) is 4.79 Å². The highest BCUT2D eigenvalue weighted by atomic mass is 32.2. The summed E-state index contributed by atoms with van der Waals surface area (Å²) in [7, 11) is 0. The van der Waals surface area contributed by atoms with Crippen molar-refractivity contribution in [2.24, 2.45) is 23.3 Å². The van der Waals surface area contributed by atoms with Crippen molar-refractivity contribution >= 4 is 17.7 Å². The lowest BCUT2D eigenvalue weighted by molar-refractivity contribution is -0.121. The van der Waals surface area contributed by atoms with Crippen molar-refractivity contribution in [1.29, 1.82) is 5.26 Å². The lowest BCUT2D eigenvalue weighted by atomic mass is 9.83. The zero-order valence-corrected chi connectivity index (χ0v) is 8.78. The summed E-state index contributed by atoms with van der Waals surface area (Å²) in [6.45, 7) is 0. The third-order valence-electron chi connectivity index (χ3n) is 2.83. The highest BCUT2D eigenvalue weighted by molar-refractivity contribution is 8.02. The van der Waals surface area contributed by atoms with Gasteiger partial charge in [0.1, 0.15) is 0 Å². The van der Waals surface area contributed by atoms with Gasteiger partial charge >= 0.3 is 0 Å². The van der Waals surface area contributed by atoms with Crippen molar-refractivity contribution in [3.8, 4) is 6.07 Å². The average molecular weight is 221 g/mol. The number of amides is 1. The number of carbonyl (C=O) groups is 1. The van der Waals surface area contributed by atoms with E-state index in [-0.39, 0.29) is 11.2 Å². The maximum Gasteiger partial charge on any atom is 0.249 e. The molecule has 1 aliphatic heterocycles. The molecule has 4 nitrogen and oxygen atoms in total. The van der Waals surface area contributed by atoms with Crippen LogP contribution in [0.1, 0.15) is 0 Å². The molecule has 1 aliphatic carbocycles. The lowest BCUT2D eigenvalue weighted by Gasteiger charge is -2.23. The predicted molar refractivity (Wildman–Crippen MR) is 58.4 cm³/mol. The first kappa shape index (κ1) is 10.3. The van der Waals surface area contributed by atoms with Crippen LogP contribution in [0.5, 0.6) is 0 Å². The molecule has 1 saturated heterocycles. The van der Waals surface area contributed by atoms with E-state index in [0.717, 1.165) is 0 Å². The predicted octanol–water partition coefficient (Wildman–Crippen LogP) is 0.124. The van der Waals surface area contributed by atoms with E-state index in [1.54, 1.807) is 0 Å². The van der Waals surface area contributed by atoms with Crippen LogP contribution in [0.4, 0.5) is 0 Å². The number of hydrogen-bond donors (Lipinski definition) is 2. The van der Waals surface area contributed by atoms with E-state index in [0.29, 0.717) is 0 Å². The summed E-state index contributed by atoms with van der Waals surface area (Å²) in [4.78, 5) is 10.1. The molecule has 2 aliphatic rings. The first-order valence-corrected chi connectivity index (χ1v) is 5.49. The Morgan fingerprint density at radius 2 is 2.13 bits per heavy atom. The van der Waals surface area contributed by atoms with Crippen LogP contribution in [-0.4, -0.2) is 16.0 Å². The van der Waals surface area contributed by atoms with Crippen LogP contribution in [0, 0.1) is 23.2 Å². The number of nitriles is 1. The van der Waals surface area contributed by atoms with Gasteiger partial charge in [-0.25, -0.2) is 0 Å². The second-order valence-corrected chi connectivity index (χ2v) is 5.15. The topological polar surface area (TPSA) is 92.9 Å². The monoisotopic (exact) mass is 221 g/mol. The van der Waals surface area contributed by atoms with Crippen LogP contribution in [0.3, 0.4) is 0 Å². The van der Waals surface area contributed by atoms with Gasteiger partial charge < -0.3 is 11.5 Å². The Kier molecular flexibility index (Phi) is 2.33. The molecule has 78 valence electrons. The van der Waals surface area contributed by atoms with Gasteiger partial charge in [-0.2, -0.15) is 5.26 Å². The Bertz CT molecular complexity index is 398. The molecule has 4 N–H and O–H groups in total. The smallest absolute Gasteiger partial charge is 0.249 e. The number of thioether (sulfide) groups is 1. The minimum atomic E-state index is -1.26. The van der Waals surface area contributed by atoms with Crippen molar-refractivity contribution in [2.45, 2.75) is 10.1 Å². The van der Waals surface area contributed by atoms with Gasteiger partial charge in [0, 0.05) is 11.2 Å². The van der Waals surface area contributed by atoms with Gasteiger partial charge in [0.2, 0.25) is 5.91 Å². The van der Waals surface area contributed by atoms with E-state index in [1.807, 2.05) is 24.3 Å². The van der Waals surface area contributed by atoms with Gasteiger partial charge in [0.25, 0.3) is 0 Å². The van der Waals surface area contributed by atoms with E-state index in [4.69, 9.17) is 16.7 Å². The standard InChI is InChI=1S/C10H11N3OS/c11-5-7-6-3-1-2-4-8(6)15-10(7,13)9(12)14/h1-4,6-8H,13H2,(H2,12,14). The SMILES string of the molecule is N#CC1C2C=CC=CC2SC1(N)C(N)=O. The third-order valence-corrected chi connectivity index (χ3v) is 4.42. The third kappa shape index (κ3) is 1.37. The number of nitrogens with zero attached hydrogens (tertiary/aromatic N) is 1. The minimum absolute atomic E-state index is 0.0116. The number of primary amides is 1. The van der Waals surface area contributed by atoms with Gasteiger partial charge in [-0.3, -0.25) is 4.79 Å². The fourth-order valence-corrected chi connectivity index (χ4v) is 3.50. The van der Waals surface area contributed by atoms with E-state index < -0.39 is 16.7 Å². The maximum atomic E-state index is 11.3. The molecule has 0 spiro atoms.